The third-order valence-corrected chi connectivity index (χ3v) is 2.98. The van der Waals surface area contributed by atoms with E-state index in [1.165, 1.54) is 4.88 Å². The highest BCUT2D eigenvalue weighted by Gasteiger charge is 2.16. The molecule has 0 aliphatic carbocycles. The zero-order valence-electron chi connectivity index (χ0n) is 10.6. The van der Waals surface area contributed by atoms with Crippen molar-refractivity contribution in [3.05, 3.63) is 34.5 Å². The third-order valence-electron chi connectivity index (χ3n) is 1.99. The van der Waals surface area contributed by atoms with E-state index in [1.54, 1.807) is 11.3 Å². The van der Waals surface area contributed by atoms with Crippen molar-refractivity contribution in [2.24, 2.45) is 0 Å². The van der Waals surface area contributed by atoms with Gasteiger partial charge in [-0.3, -0.25) is 0 Å². The van der Waals surface area contributed by atoms with Gasteiger partial charge in [-0.1, -0.05) is 6.08 Å². The lowest BCUT2D eigenvalue weighted by Gasteiger charge is -2.19. The predicted molar refractivity (Wildman–Crippen MR) is 71.3 cm³/mol. The summed E-state index contributed by atoms with van der Waals surface area (Å²) in [4.78, 5) is 12.7. The van der Waals surface area contributed by atoms with Gasteiger partial charge in [0.1, 0.15) is 5.60 Å². The predicted octanol–water partition coefficient (Wildman–Crippen LogP) is 3.50. The summed E-state index contributed by atoms with van der Waals surface area (Å²) >= 11 is 1.68. The molecule has 0 saturated heterocycles. The average molecular weight is 253 g/mol. The topological polar surface area (TPSA) is 38.3 Å². The second-order valence-electron chi connectivity index (χ2n) is 4.72. The molecule has 3 nitrogen and oxygen atoms in total. The van der Waals surface area contributed by atoms with Crippen LogP contribution in [0.1, 0.15) is 31.2 Å². The van der Waals surface area contributed by atoms with E-state index in [1.807, 2.05) is 38.3 Å². The van der Waals surface area contributed by atoms with Crippen LogP contribution in [0.15, 0.2) is 24.1 Å². The van der Waals surface area contributed by atoms with E-state index in [4.69, 9.17) is 4.74 Å². The number of thiophene rings is 1. The number of amides is 1. The van der Waals surface area contributed by atoms with Crippen molar-refractivity contribution in [3.8, 4) is 0 Å². The first-order chi connectivity index (χ1) is 7.92. The van der Waals surface area contributed by atoms with Crippen molar-refractivity contribution in [2.75, 3.05) is 0 Å². The molecule has 1 aromatic heterocycles. The summed E-state index contributed by atoms with van der Waals surface area (Å²) in [5.41, 5.74) is 0.670. The number of hydrogen-bond acceptors (Lipinski definition) is 3. The summed E-state index contributed by atoms with van der Waals surface area (Å²) in [5, 5.41) is 4.77. The molecule has 94 valence electrons. The Hall–Kier alpha value is -1.29. The molecule has 1 aromatic rings. The van der Waals surface area contributed by atoms with E-state index in [0.29, 0.717) is 6.54 Å². The van der Waals surface area contributed by atoms with Crippen LogP contribution in [-0.2, 0) is 17.7 Å². The molecule has 0 radical (unpaired) electrons. The Labute approximate surface area is 106 Å². The first-order valence-corrected chi connectivity index (χ1v) is 6.43. The fourth-order valence-corrected chi connectivity index (χ4v) is 2.22. The van der Waals surface area contributed by atoms with E-state index in [2.05, 4.69) is 11.9 Å². The lowest BCUT2D eigenvalue weighted by molar-refractivity contribution is 0.0523. The van der Waals surface area contributed by atoms with Gasteiger partial charge in [-0.25, -0.2) is 4.79 Å². The van der Waals surface area contributed by atoms with Crippen LogP contribution < -0.4 is 5.32 Å². The Morgan fingerprint density at radius 2 is 2.29 bits per heavy atom. The first kappa shape index (κ1) is 13.8. The lowest BCUT2D eigenvalue weighted by atomic mass is 10.2. The summed E-state index contributed by atoms with van der Waals surface area (Å²) < 4.78 is 5.17. The third kappa shape index (κ3) is 5.04. The molecule has 0 fully saturated rings. The Balaban J connectivity index is 2.47. The number of rotatable bonds is 4. The summed E-state index contributed by atoms with van der Waals surface area (Å²) in [6, 6.07) is 2.01. The molecule has 0 aromatic carbocycles. The standard InChI is InChI=1S/C13H19NO2S/c1-5-6-11-10(7-8-17-11)9-14-12(15)16-13(2,3)4/h5,7-8H,1,6,9H2,2-4H3,(H,14,15). The van der Waals surface area contributed by atoms with Crippen LogP contribution in [0.25, 0.3) is 0 Å². The Morgan fingerprint density at radius 3 is 2.88 bits per heavy atom. The molecule has 1 amide bonds. The highest BCUT2D eigenvalue weighted by atomic mass is 32.1. The maximum atomic E-state index is 11.5. The number of carbonyl (C=O) groups excluding carboxylic acids is 1. The number of nitrogens with one attached hydrogen (secondary N) is 1. The van der Waals surface area contributed by atoms with Crippen LogP contribution in [0.5, 0.6) is 0 Å². The quantitative estimate of drug-likeness (QED) is 0.834. The molecule has 0 atom stereocenters. The van der Waals surface area contributed by atoms with Crippen LogP contribution >= 0.6 is 11.3 Å². The van der Waals surface area contributed by atoms with Crippen molar-refractivity contribution < 1.29 is 9.53 Å². The molecule has 1 N–H and O–H groups in total. The molecular weight excluding hydrogens is 234 g/mol. The molecule has 0 saturated carbocycles. The first-order valence-electron chi connectivity index (χ1n) is 5.55. The molecule has 0 aliphatic rings. The highest BCUT2D eigenvalue weighted by molar-refractivity contribution is 7.10. The second-order valence-corrected chi connectivity index (χ2v) is 5.72. The van der Waals surface area contributed by atoms with Crippen molar-refractivity contribution in [3.63, 3.8) is 0 Å². The SMILES string of the molecule is C=CCc1sccc1CNC(=O)OC(C)(C)C. The fraction of sp³-hybridized carbons (Fsp3) is 0.462. The Morgan fingerprint density at radius 1 is 1.59 bits per heavy atom. The summed E-state index contributed by atoms with van der Waals surface area (Å²) in [6.07, 6.45) is 2.32. The summed E-state index contributed by atoms with van der Waals surface area (Å²) in [6.45, 7) is 9.76. The summed E-state index contributed by atoms with van der Waals surface area (Å²) in [7, 11) is 0. The minimum absolute atomic E-state index is 0.381. The number of ether oxygens (including phenoxy) is 1. The maximum absolute atomic E-state index is 11.5. The minimum Gasteiger partial charge on any atom is -0.444 e. The normalized spacial score (nSPS) is 11.0. The molecular formula is C13H19NO2S. The van der Waals surface area contributed by atoms with Gasteiger partial charge in [0, 0.05) is 11.4 Å². The molecule has 1 heterocycles. The monoisotopic (exact) mass is 253 g/mol. The van der Waals surface area contributed by atoms with Crippen LogP contribution in [0.3, 0.4) is 0 Å². The molecule has 0 spiro atoms. The van der Waals surface area contributed by atoms with Crippen LogP contribution in [0, 0.1) is 0 Å². The van der Waals surface area contributed by atoms with Crippen LogP contribution in [-0.4, -0.2) is 11.7 Å². The largest absolute Gasteiger partial charge is 0.444 e. The van der Waals surface area contributed by atoms with Gasteiger partial charge in [0.15, 0.2) is 0 Å². The Kier molecular flexibility index (Phi) is 4.75. The van der Waals surface area contributed by atoms with E-state index in [9.17, 15) is 4.79 Å². The van der Waals surface area contributed by atoms with Crippen molar-refractivity contribution >= 4 is 17.4 Å². The molecule has 0 unspecified atom stereocenters. The van der Waals surface area contributed by atoms with Gasteiger partial charge in [-0.2, -0.15) is 0 Å². The van der Waals surface area contributed by atoms with Gasteiger partial charge in [-0.15, -0.1) is 17.9 Å². The highest BCUT2D eigenvalue weighted by Crippen LogP contribution is 2.17. The number of carbonyl (C=O) groups is 1. The van der Waals surface area contributed by atoms with Crippen LogP contribution in [0.2, 0.25) is 0 Å². The smallest absolute Gasteiger partial charge is 0.407 e. The van der Waals surface area contributed by atoms with Crippen molar-refractivity contribution in [2.45, 2.75) is 39.3 Å². The average Bonchev–Trinajstić information content (AvgIpc) is 2.60. The summed E-state index contributed by atoms with van der Waals surface area (Å²) in [5.74, 6) is 0. The molecule has 17 heavy (non-hydrogen) atoms. The van der Waals surface area contributed by atoms with Crippen LogP contribution in [0.4, 0.5) is 4.79 Å². The lowest BCUT2D eigenvalue weighted by Crippen LogP contribution is -2.32. The number of hydrogen-bond donors (Lipinski definition) is 1. The van der Waals surface area contributed by atoms with E-state index >= 15 is 0 Å². The molecule has 0 bridgehead atoms. The number of allylic oxidation sites excluding steroid dienone is 1. The van der Waals surface area contributed by atoms with Crippen molar-refractivity contribution in [1.29, 1.82) is 0 Å². The zero-order valence-corrected chi connectivity index (χ0v) is 11.4. The second kappa shape index (κ2) is 5.87. The molecule has 4 heteroatoms. The number of alkyl carbamates (subject to hydrolysis) is 1. The fourth-order valence-electron chi connectivity index (χ4n) is 1.32. The van der Waals surface area contributed by atoms with Gasteiger partial charge in [0.05, 0.1) is 0 Å². The van der Waals surface area contributed by atoms with E-state index in [-0.39, 0.29) is 6.09 Å². The van der Waals surface area contributed by atoms with Gasteiger partial charge >= 0.3 is 6.09 Å². The van der Waals surface area contributed by atoms with Gasteiger partial charge in [-0.05, 0) is 44.2 Å². The molecule has 1 rings (SSSR count). The molecule has 0 aliphatic heterocycles. The van der Waals surface area contributed by atoms with E-state index < -0.39 is 5.60 Å². The minimum atomic E-state index is -0.456. The van der Waals surface area contributed by atoms with Crippen molar-refractivity contribution in [1.82, 2.24) is 5.32 Å². The Bertz CT molecular complexity index is 390. The zero-order chi connectivity index (χ0) is 12.9. The van der Waals surface area contributed by atoms with E-state index in [0.717, 1.165) is 12.0 Å². The van der Waals surface area contributed by atoms with Gasteiger partial charge < -0.3 is 10.1 Å². The van der Waals surface area contributed by atoms with Gasteiger partial charge in [0.2, 0.25) is 0 Å². The van der Waals surface area contributed by atoms with Gasteiger partial charge in [0.25, 0.3) is 0 Å². The maximum Gasteiger partial charge on any atom is 0.407 e.